The van der Waals surface area contributed by atoms with E-state index in [2.05, 4.69) is 4.90 Å². The molecular weight excluding hydrogens is 317 g/mol. The van der Waals surface area contributed by atoms with Crippen molar-refractivity contribution >= 4 is 12.2 Å². The number of rotatable bonds is 4. The van der Waals surface area contributed by atoms with E-state index in [9.17, 15) is 14.0 Å². The van der Waals surface area contributed by atoms with Crippen molar-refractivity contribution in [1.82, 2.24) is 14.7 Å². The van der Waals surface area contributed by atoms with E-state index >= 15 is 0 Å². The molecule has 24 heavy (non-hydrogen) atoms. The Bertz CT molecular complexity index is 441. The minimum absolute atomic E-state index is 0.130. The van der Waals surface area contributed by atoms with Gasteiger partial charge in [-0.3, -0.25) is 9.29 Å². The van der Waals surface area contributed by atoms with Crippen LogP contribution >= 0.6 is 0 Å². The van der Waals surface area contributed by atoms with Gasteiger partial charge in [-0.1, -0.05) is 0 Å². The fraction of sp³-hybridized carbons (Fsp3) is 0.875. The van der Waals surface area contributed by atoms with Crippen LogP contribution in [0, 0.1) is 0 Å². The lowest BCUT2D eigenvalue weighted by molar-refractivity contribution is -0.0124. The zero-order chi connectivity index (χ0) is 17.7. The zero-order valence-corrected chi connectivity index (χ0v) is 14.8. The SMILES string of the molecule is CC(C)(C)OC(=O)N1CCN(C2CN(C(=O)OCCCF)C2)CC1. The molecule has 0 aromatic carbocycles. The average Bonchev–Trinajstić information content (AvgIpc) is 2.45. The zero-order valence-electron chi connectivity index (χ0n) is 14.8. The molecule has 0 N–H and O–H groups in total. The summed E-state index contributed by atoms with van der Waals surface area (Å²) in [6.45, 7) is 9.29. The molecule has 2 saturated heterocycles. The number of hydrogen-bond donors (Lipinski definition) is 0. The number of ether oxygens (including phenoxy) is 2. The summed E-state index contributed by atoms with van der Waals surface area (Å²) in [6, 6.07) is 0.305. The largest absolute Gasteiger partial charge is 0.449 e. The van der Waals surface area contributed by atoms with E-state index in [1.807, 2.05) is 20.8 Å². The van der Waals surface area contributed by atoms with Crippen molar-refractivity contribution in [3.8, 4) is 0 Å². The van der Waals surface area contributed by atoms with Gasteiger partial charge in [-0.2, -0.15) is 0 Å². The maximum absolute atomic E-state index is 12.0. The van der Waals surface area contributed by atoms with Crippen LogP contribution in [0.15, 0.2) is 0 Å². The van der Waals surface area contributed by atoms with E-state index in [-0.39, 0.29) is 25.2 Å². The normalized spacial score (nSPS) is 19.8. The van der Waals surface area contributed by atoms with Crippen LogP contribution in [0.5, 0.6) is 0 Å². The van der Waals surface area contributed by atoms with Gasteiger partial charge >= 0.3 is 12.2 Å². The molecule has 0 atom stereocenters. The van der Waals surface area contributed by atoms with Crippen molar-refractivity contribution in [2.24, 2.45) is 0 Å². The van der Waals surface area contributed by atoms with Crippen molar-refractivity contribution in [3.63, 3.8) is 0 Å². The molecule has 2 amide bonds. The van der Waals surface area contributed by atoms with Gasteiger partial charge in [0, 0.05) is 51.7 Å². The average molecular weight is 345 g/mol. The minimum atomic E-state index is -0.481. The highest BCUT2D eigenvalue weighted by Gasteiger charge is 2.37. The fourth-order valence-corrected chi connectivity index (χ4v) is 2.74. The topological polar surface area (TPSA) is 62.3 Å². The molecule has 8 heteroatoms. The first kappa shape index (κ1) is 18.8. The third-order valence-electron chi connectivity index (χ3n) is 4.11. The quantitative estimate of drug-likeness (QED) is 0.726. The van der Waals surface area contributed by atoms with Gasteiger partial charge in [-0.15, -0.1) is 0 Å². The van der Waals surface area contributed by atoms with E-state index in [1.54, 1.807) is 9.80 Å². The van der Waals surface area contributed by atoms with Gasteiger partial charge in [0.2, 0.25) is 0 Å². The Hall–Kier alpha value is -1.57. The number of nitrogens with zero attached hydrogens (tertiary/aromatic N) is 3. The molecule has 0 spiro atoms. The Kier molecular flexibility index (Phi) is 6.26. The van der Waals surface area contributed by atoms with Crippen LogP contribution < -0.4 is 0 Å². The molecule has 2 rings (SSSR count). The summed E-state index contributed by atoms with van der Waals surface area (Å²) >= 11 is 0. The first-order valence-corrected chi connectivity index (χ1v) is 8.50. The van der Waals surface area contributed by atoms with Crippen LogP contribution in [0.1, 0.15) is 27.2 Å². The Morgan fingerprint density at radius 3 is 2.21 bits per heavy atom. The van der Waals surface area contributed by atoms with Gasteiger partial charge in [-0.05, 0) is 20.8 Å². The first-order valence-electron chi connectivity index (χ1n) is 8.50. The van der Waals surface area contributed by atoms with E-state index < -0.39 is 12.3 Å². The number of carbonyl (C=O) groups excluding carboxylic acids is 2. The number of amides is 2. The highest BCUT2D eigenvalue weighted by molar-refractivity contribution is 5.69. The smallest absolute Gasteiger partial charge is 0.410 e. The molecule has 2 aliphatic heterocycles. The summed E-state index contributed by atoms with van der Waals surface area (Å²) in [5, 5.41) is 0. The Morgan fingerprint density at radius 2 is 1.67 bits per heavy atom. The van der Waals surface area contributed by atoms with Crippen molar-refractivity contribution in [3.05, 3.63) is 0 Å². The van der Waals surface area contributed by atoms with E-state index in [4.69, 9.17) is 9.47 Å². The van der Waals surface area contributed by atoms with Crippen molar-refractivity contribution in [2.75, 3.05) is 52.6 Å². The molecule has 2 fully saturated rings. The van der Waals surface area contributed by atoms with Crippen LogP contribution in [-0.2, 0) is 9.47 Å². The monoisotopic (exact) mass is 345 g/mol. The Balaban J connectivity index is 1.66. The third-order valence-corrected chi connectivity index (χ3v) is 4.11. The lowest BCUT2D eigenvalue weighted by atomic mass is 10.1. The molecule has 138 valence electrons. The minimum Gasteiger partial charge on any atom is -0.449 e. The Morgan fingerprint density at radius 1 is 1.04 bits per heavy atom. The summed E-state index contributed by atoms with van der Waals surface area (Å²) in [5.41, 5.74) is -0.481. The summed E-state index contributed by atoms with van der Waals surface area (Å²) in [4.78, 5) is 29.4. The van der Waals surface area contributed by atoms with E-state index in [0.717, 1.165) is 13.1 Å². The fourth-order valence-electron chi connectivity index (χ4n) is 2.74. The molecule has 0 aromatic rings. The maximum Gasteiger partial charge on any atom is 0.410 e. The molecule has 0 saturated carbocycles. The number of carbonyl (C=O) groups is 2. The molecule has 0 aliphatic carbocycles. The molecule has 7 nitrogen and oxygen atoms in total. The molecular formula is C16H28FN3O4. The third kappa shape index (κ3) is 5.22. The summed E-state index contributed by atoms with van der Waals surface area (Å²) in [6.07, 6.45) is -0.392. The molecule has 2 aliphatic rings. The number of piperazine rings is 1. The standard InChI is InChI=1S/C16H28FN3O4/c1-16(2,3)24-15(22)19-8-6-18(7-9-19)13-11-20(12-13)14(21)23-10-4-5-17/h13H,4-12H2,1-3H3. The molecule has 0 aromatic heterocycles. The number of halogens is 1. The van der Waals surface area contributed by atoms with Crippen LogP contribution in [0.25, 0.3) is 0 Å². The second-order valence-electron chi connectivity index (χ2n) is 7.22. The molecule has 0 unspecified atom stereocenters. The first-order chi connectivity index (χ1) is 11.3. The lowest BCUT2D eigenvalue weighted by Gasteiger charge is -2.47. The summed E-state index contributed by atoms with van der Waals surface area (Å²) in [5.74, 6) is 0. The van der Waals surface area contributed by atoms with Crippen LogP contribution in [0.3, 0.4) is 0 Å². The summed E-state index contributed by atoms with van der Waals surface area (Å²) < 4.78 is 22.3. The molecule has 0 radical (unpaired) electrons. The second-order valence-corrected chi connectivity index (χ2v) is 7.22. The number of likely N-dealkylation sites (tertiary alicyclic amines) is 1. The number of hydrogen-bond acceptors (Lipinski definition) is 5. The number of alkyl halides is 1. The Labute approximate surface area is 142 Å². The highest BCUT2D eigenvalue weighted by atomic mass is 19.1. The molecule has 0 bridgehead atoms. The van der Waals surface area contributed by atoms with Gasteiger partial charge in [0.25, 0.3) is 0 Å². The predicted molar refractivity (Wildman–Crippen MR) is 86.7 cm³/mol. The second kappa shape index (κ2) is 8.00. The van der Waals surface area contributed by atoms with Crippen LogP contribution in [-0.4, -0.2) is 91.1 Å². The van der Waals surface area contributed by atoms with E-state index in [1.165, 1.54) is 0 Å². The van der Waals surface area contributed by atoms with Crippen LogP contribution in [0.4, 0.5) is 14.0 Å². The molecule has 2 heterocycles. The predicted octanol–water partition coefficient (Wildman–Crippen LogP) is 1.72. The lowest BCUT2D eigenvalue weighted by Crippen LogP contribution is -2.64. The van der Waals surface area contributed by atoms with Crippen molar-refractivity contribution in [1.29, 1.82) is 0 Å². The van der Waals surface area contributed by atoms with Gasteiger partial charge < -0.3 is 19.3 Å². The van der Waals surface area contributed by atoms with Crippen LogP contribution in [0.2, 0.25) is 0 Å². The summed E-state index contributed by atoms with van der Waals surface area (Å²) in [7, 11) is 0. The maximum atomic E-state index is 12.0. The van der Waals surface area contributed by atoms with Gasteiger partial charge in [0.05, 0.1) is 13.3 Å². The van der Waals surface area contributed by atoms with Crippen molar-refractivity contribution in [2.45, 2.75) is 38.8 Å². The highest BCUT2D eigenvalue weighted by Crippen LogP contribution is 2.19. The van der Waals surface area contributed by atoms with Gasteiger partial charge in [0.1, 0.15) is 5.60 Å². The van der Waals surface area contributed by atoms with Gasteiger partial charge in [-0.25, -0.2) is 9.59 Å². The van der Waals surface area contributed by atoms with Crippen molar-refractivity contribution < 1.29 is 23.5 Å². The van der Waals surface area contributed by atoms with E-state index in [0.29, 0.717) is 32.2 Å². The van der Waals surface area contributed by atoms with Gasteiger partial charge in [0.15, 0.2) is 0 Å².